The van der Waals surface area contributed by atoms with Crippen LogP contribution in [0.3, 0.4) is 0 Å². The normalized spacial score (nSPS) is 19.7. The summed E-state index contributed by atoms with van der Waals surface area (Å²) in [7, 11) is 3.06. The van der Waals surface area contributed by atoms with Crippen molar-refractivity contribution >= 4 is 11.1 Å². The molecule has 1 aliphatic rings. The highest BCUT2D eigenvalue weighted by molar-refractivity contribution is 7.79. The molecule has 1 N–H and O–H groups in total. The predicted molar refractivity (Wildman–Crippen MR) is 104 cm³/mol. The standard InChI is InChI=1S/C20H25NO7S/c1-4-7-27-19-14(22)8-12(10-18(19)29(23)24)15-5-6-16(28-15)13-9-17(25-2)20(26-3)21-11-13/h8-11,15-16,22H,4-7H2,1-3H3,(H,23,24)/p-1. The predicted octanol–water partition coefficient (Wildman–Crippen LogP) is 3.42. The monoisotopic (exact) mass is 422 g/mol. The molecule has 158 valence electrons. The lowest BCUT2D eigenvalue weighted by molar-refractivity contribution is 0.0434. The summed E-state index contributed by atoms with van der Waals surface area (Å²) in [6, 6.07) is 4.81. The Morgan fingerprint density at radius 1 is 1.21 bits per heavy atom. The Balaban J connectivity index is 1.83. The number of methoxy groups -OCH3 is 2. The minimum atomic E-state index is -2.55. The largest absolute Gasteiger partial charge is 0.768 e. The summed E-state index contributed by atoms with van der Waals surface area (Å²) >= 11 is -2.55. The van der Waals surface area contributed by atoms with Gasteiger partial charge in [0, 0.05) is 11.8 Å². The molecule has 8 nitrogen and oxygen atoms in total. The Hall–Kier alpha value is -2.36. The quantitative estimate of drug-likeness (QED) is 0.644. The van der Waals surface area contributed by atoms with Crippen molar-refractivity contribution in [2.45, 2.75) is 43.3 Å². The zero-order chi connectivity index (χ0) is 21.0. The third kappa shape index (κ3) is 4.63. The van der Waals surface area contributed by atoms with Gasteiger partial charge in [0.05, 0.1) is 37.9 Å². The Morgan fingerprint density at radius 2 is 1.93 bits per heavy atom. The minimum absolute atomic E-state index is 0.0254. The van der Waals surface area contributed by atoms with E-state index in [2.05, 4.69) is 4.98 Å². The van der Waals surface area contributed by atoms with Crippen molar-refractivity contribution in [3.05, 3.63) is 35.5 Å². The van der Waals surface area contributed by atoms with E-state index in [0.717, 1.165) is 5.56 Å². The fourth-order valence-corrected chi connectivity index (χ4v) is 3.86. The van der Waals surface area contributed by atoms with Gasteiger partial charge in [0.2, 0.25) is 0 Å². The maximum absolute atomic E-state index is 11.7. The SMILES string of the molecule is CCCOc1c(O)cc(C2CCC(c3cnc(OC)c(OC)c3)O2)cc1S(=O)[O-]. The van der Waals surface area contributed by atoms with Crippen molar-refractivity contribution in [2.24, 2.45) is 0 Å². The van der Waals surface area contributed by atoms with E-state index in [9.17, 15) is 13.9 Å². The van der Waals surface area contributed by atoms with E-state index in [1.807, 2.05) is 13.0 Å². The molecule has 29 heavy (non-hydrogen) atoms. The fraction of sp³-hybridized carbons (Fsp3) is 0.450. The molecule has 1 fully saturated rings. The van der Waals surface area contributed by atoms with Gasteiger partial charge in [-0.05, 0) is 54.1 Å². The average molecular weight is 422 g/mol. The molecular formula is C20H24NO7S-. The van der Waals surface area contributed by atoms with E-state index in [1.165, 1.54) is 26.4 Å². The maximum Gasteiger partial charge on any atom is 0.256 e. The number of aromatic nitrogens is 1. The molecule has 3 atom stereocenters. The first-order chi connectivity index (χ1) is 14.0. The van der Waals surface area contributed by atoms with Gasteiger partial charge in [0.1, 0.15) is 0 Å². The van der Waals surface area contributed by atoms with Crippen molar-refractivity contribution in [1.29, 1.82) is 0 Å². The second kappa shape index (κ2) is 9.43. The number of phenolic OH excluding ortho intramolecular Hbond substituents is 1. The van der Waals surface area contributed by atoms with Gasteiger partial charge in [0.25, 0.3) is 5.88 Å². The highest BCUT2D eigenvalue weighted by Gasteiger charge is 2.30. The summed E-state index contributed by atoms with van der Waals surface area (Å²) in [6.45, 7) is 2.21. The van der Waals surface area contributed by atoms with E-state index in [-0.39, 0.29) is 28.6 Å². The molecule has 2 heterocycles. The molecule has 3 unspecified atom stereocenters. The van der Waals surface area contributed by atoms with Crippen LogP contribution >= 0.6 is 0 Å². The van der Waals surface area contributed by atoms with Crippen LogP contribution < -0.4 is 14.2 Å². The number of hydrogen-bond acceptors (Lipinski definition) is 8. The molecule has 1 aromatic heterocycles. The van der Waals surface area contributed by atoms with E-state index >= 15 is 0 Å². The second-order valence-corrected chi connectivity index (χ2v) is 7.53. The molecule has 0 saturated carbocycles. The van der Waals surface area contributed by atoms with Gasteiger partial charge in [0.15, 0.2) is 17.2 Å². The van der Waals surface area contributed by atoms with E-state index in [4.69, 9.17) is 18.9 Å². The summed E-state index contributed by atoms with van der Waals surface area (Å²) < 4.78 is 45.3. The topological polar surface area (TPSA) is 110 Å². The second-order valence-electron chi connectivity index (χ2n) is 6.62. The van der Waals surface area contributed by atoms with Crippen molar-refractivity contribution in [3.8, 4) is 23.1 Å². The first-order valence-electron chi connectivity index (χ1n) is 9.30. The van der Waals surface area contributed by atoms with Gasteiger partial charge in [-0.15, -0.1) is 0 Å². The Bertz CT molecular complexity index is 889. The number of pyridine rings is 1. The number of phenols is 1. The van der Waals surface area contributed by atoms with Gasteiger partial charge in [-0.2, -0.15) is 0 Å². The number of rotatable bonds is 8. The summed E-state index contributed by atoms with van der Waals surface area (Å²) in [6.07, 6.45) is 3.16. The summed E-state index contributed by atoms with van der Waals surface area (Å²) in [4.78, 5) is 4.16. The van der Waals surface area contributed by atoms with Crippen LogP contribution in [0, 0.1) is 0 Å². The molecule has 1 saturated heterocycles. The van der Waals surface area contributed by atoms with Crippen LogP contribution in [-0.4, -0.2) is 39.7 Å². The first kappa shape index (κ1) is 21.4. The van der Waals surface area contributed by atoms with Gasteiger partial charge in [-0.1, -0.05) is 6.92 Å². The third-order valence-electron chi connectivity index (χ3n) is 4.70. The maximum atomic E-state index is 11.7. The zero-order valence-electron chi connectivity index (χ0n) is 16.5. The van der Waals surface area contributed by atoms with Crippen LogP contribution in [0.25, 0.3) is 0 Å². The Labute approximate surface area is 172 Å². The number of aromatic hydroxyl groups is 1. The lowest BCUT2D eigenvalue weighted by atomic mass is 10.0. The number of hydrogen-bond donors (Lipinski definition) is 1. The highest BCUT2D eigenvalue weighted by Crippen LogP contribution is 2.45. The Morgan fingerprint density at radius 3 is 2.55 bits per heavy atom. The average Bonchev–Trinajstić information content (AvgIpc) is 3.22. The van der Waals surface area contributed by atoms with Crippen LogP contribution in [0.2, 0.25) is 0 Å². The van der Waals surface area contributed by atoms with Crippen LogP contribution in [0.15, 0.2) is 29.3 Å². The molecule has 0 aliphatic carbocycles. The van der Waals surface area contributed by atoms with E-state index in [0.29, 0.717) is 43.1 Å². The van der Waals surface area contributed by atoms with Gasteiger partial charge in [-0.25, -0.2) is 4.98 Å². The highest BCUT2D eigenvalue weighted by atomic mass is 32.2. The lowest BCUT2D eigenvalue weighted by Crippen LogP contribution is -2.05. The number of ether oxygens (including phenoxy) is 4. The smallest absolute Gasteiger partial charge is 0.256 e. The molecule has 0 spiro atoms. The number of nitrogens with zero attached hydrogens (tertiary/aromatic N) is 1. The number of benzene rings is 1. The lowest BCUT2D eigenvalue weighted by Gasteiger charge is -2.19. The molecule has 0 radical (unpaired) electrons. The molecule has 0 amide bonds. The zero-order valence-corrected chi connectivity index (χ0v) is 17.4. The van der Waals surface area contributed by atoms with Gasteiger partial charge >= 0.3 is 0 Å². The van der Waals surface area contributed by atoms with E-state index in [1.54, 1.807) is 6.20 Å². The summed E-state index contributed by atoms with van der Waals surface area (Å²) in [5.41, 5.74) is 1.42. The summed E-state index contributed by atoms with van der Waals surface area (Å²) in [5.74, 6) is 0.662. The summed E-state index contributed by atoms with van der Waals surface area (Å²) in [5, 5.41) is 10.3. The van der Waals surface area contributed by atoms with Crippen molar-refractivity contribution in [3.63, 3.8) is 0 Å². The molecule has 3 rings (SSSR count). The molecule has 2 aromatic rings. The molecule has 1 aromatic carbocycles. The van der Waals surface area contributed by atoms with E-state index < -0.39 is 11.1 Å². The van der Waals surface area contributed by atoms with Crippen LogP contribution in [0.1, 0.15) is 49.5 Å². The van der Waals surface area contributed by atoms with Crippen LogP contribution in [0.5, 0.6) is 23.1 Å². The van der Waals surface area contributed by atoms with Crippen LogP contribution in [-0.2, 0) is 15.8 Å². The Kier molecular flexibility index (Phi) is 6.94. The van der Waals surface area contributed by atoms with Crippen molar-refractivity contribution < 1.29 is 32.8 Å². The first-order valence-corrected chi connectivity index (χ1v) is 10.4. The van der Waals surface area contributed by atoms with Gasteiger partial charge in [-0.3, -0.25) is 4.21 Å². The fourth-order valence-electron chi connectivity index (χ4n) is 3.32. The van der Waals surface area contributed by atoms with Crippen molar-refractivity contribution in [1.82, 2.24) is 4.98 Å². The molecule has 9 heteroatoms. The molecule has 1 aliphatic heterocycles. The van der Waals surface area contributed by atoms with Gasteiger partial charge < -0.3 is 28.6 Å². The molecule has 0 bridgehead atoms. The third-order valence-corrected chi connectivity index (χ3v) is 5.37. The van der Waals surface area contributed by atoms with Crippen LogP contribution in [0.4, 0.5) is 0 Å². The van der Waals surface area contributed by atoms with Crippen molar-refractivity contribution in [2.75, 3.05) is 20.8 Å². The molecular weight excluding hydrogens is 398 g/mol. The minimum Gasteiger partial charge on any atom is -0.768 e.